The predicted octanol–water partition coefficient (Wildman–Crippen LogP) is -0.395. The molecule has 2 fully saturated rings. The van der Waals surface area contributed by atoms with Gasteiger partial charge in [-0.25, -0.2) is 0 Å². The molecule has 1 saturated carbocycles. The third-order valence-electron chi connectivity index (χ3n) is 3.25. The maximum Gasteiger partial charge on any atom is 0.240 e. The van der Waals surface area contributed by atoms with Gasteiger partial charge in [-0.2, -0.15) is 0 Å². The van der Waals surface area contributed by atoms with Gasteiger partial charge in [0.05, 0.1) is 0 Å². The lowest BCUT2D eigenvalue weighted by Gasteiger charge is -2.22. The Labute approximate surface area is 95.3 Å². The summed E-state index contributed by atoms with van der Waals surface area (Å²) in [4.78, 5) is 24.6. The number of likely N-dealkylation sites (tertiary alicyclic amines) is 1. The molecule has 1 unspecified atom stereocenters. The molecular formula is C11H19N3O2. The molecule has 1 atom stereocenters. The number of hydrogen-bond acceptors (Lipinski definition) is 3. The molecule has 3 N–H and O–H groups in total. The lowest BCUT2D eigenvalue weighted by Crippen LogP contribution is -2.44. The predicted molar refractivity (Wildman–Crippen MR) is 59.6 cm³/mol. The van der Waals surface area contributed by atoms with E-state index in [0.717, 1.165) is 12.8 Å². The maximum absolute atomic E-state index is 11.8. The molecular weight excluding hydrogens is 206 g/mol. The standard InChI is InChI=1S/C11H19N3O2/c12-11(16)9-2-1-7-14(9)10(15)5-6-13-8-3-4-8/h8-9,13H,1-7H2,(H2,12,16). The summed E-state index contributed by atoms with van der Waals surface area (Å²) in [5, 5.41) is 3.29. The topological polar surface area (TPSA) is 75.4 Å². The van der Waals surface area contributed by atoms with Crippen molar-refractivity contribution in [3.8, 4) is 0 Å². The molecule has 0 radical (unpaired) electrons. The maximum atomic E-state index is 11.8. The van der Waals surface area contributed by atoms with Crippen molar-refractivity contribution < 1.29 is 9.59 Å². The average molecular weight is 225 g/mol. The fourth-order valence-corrected chi connectivity index (χ4v) is 2.18. The Morgan fingerprint density at radius 1 is 1.31 bits per heavy atom. The number of carbonyl (C=O) groups excluding carboxylic acids is 2. The molecule has 0 spiro atoms. The Balaban J connectivity index is 1.75. The van der Waals surface area contributed by atoms with Crippen molar-refractivity contribution >= 4 is 11.8 Å². The molecule has 0 aromatic heterocycles. The summed E-state index contributed by atoms with van der Waals surface area (Å²) < 4.78 is 0. The summed E-state index contributed by atoms with van der Waals surface area (Å²) in [6, 6.07) is 0.256. The molecule has 2 aliphatic rings. The average Bonchev–Trinajstić information content (AvgIpc) is 2.93. The largest absolute Gasteiger partial charge is 0.368 e. The van der Waals surface area contributed by atoms with Crippen molar-refractivity contribution in [3.63, 3.8) is 0 Å². The zero-order valence-electron chi connectivity index (χ0n) is 9.45. The molecule has 5 heteroatoms. The molecule has 0 aromatic carbocycles. The van der Waals surface area contributed by atoms with E-state index in [1.54, 1.807) is 4.90 Å². The number of hydrogen-bond donors (Lipinski definition) is 2. The molecule has 0 aromatic rings. The van der Waals surface area contributed by atoms with E-state index < -0.39 is 0 Å². The van der Waals surface area contributed by atoms with Gasteiger partial charge in [0, 0.05) is 25.6 Å². The van der Waals surface area contributed by atoms with Crippen LogP contribution >= 0.6 is 0 Å². The van der Waals surface area contributed by atoms with Crippen LogP contribution in [-0.4, -0.2) is 41.9 Å². The van der Waals surface area contributed by atoms with E-state index in [-0.39, 0.29) is 17.9 Å². The second kappa shape index (κ2) is 4.82. The Morgan fingerprint density at radius 2 is 2.06 bits per heavy atom. The van der Waals surface area contributed by atoms with E-state index in [9.17, 15) is 9.59 Å². The van der Waals surface area contributed by atoms with Gasteiger partial charge in [-0.3, -0.25) is 9.59 Å². The van der Waals surface area contributed by atoms with Crippen LogP contribution in [0.5, 0.6) is 0 Å². The molecule has 5 nitrogen and oxygen atoms in total. The number of carbonyl (C=O) groups is 2. The fourth-order valence-electron chi connectivity index (χ4n) is 2.18. The molecule has 1 aliphatic carbocycles. The number of amides is 2. The van der Waals surface area contributed by atoms with Crippen LogP contribution in [0.1, 0.15) is 32.1 Å². The molecule has 2 amide bonds. The lowest BCUT2D eigenvalue weighted by molar-refractivity contribution is -0.137. The Bertz CT molecular complexity index is 289. The quantitative estimate of drug-likeness (QED) is 0.669. The van der Waals surface area contributed by atoms with Crippen molar-refractivity contribution in [2.24, 2.45) is 5.73 Å². The molecule has 90 valence electrons. The zero-order valence-corrected chi connectivity index (χ0v) is 9.45. The highest BCUT2D eigenvalue weighted by molar-refractivity contribution is 5.87. The first kappa shape index (κ1) is 11.4. The van der Waals surface area contributed by atoms with Crippen molar-refractivity contribution in [2.45, 2.75) is 44.2 Å². The van der Waals surface area contributed by atoms with Gasteiger partial charge in [0.1, 0.15) is 6.04 Å². The normalized spacial score (nSPS) is 24.8. The van der Waals surface area contributed by atoms with Crippen molar-refractivity contribution in [1.82, 2.24) is 10.2 Å². The van der Waals surface area contributed by atoms with Gasteiger partial charge in [-0.1, -0.05) is 0 Å². The van der Waals surface area contributed by atoms with Crippen LogP contribution in [0.15, 0.2) is 0 Å². The number of primary amides is 1. The van der Waals surface area contributed by atoms with E-state index in [1.165, 1.54) is 12.8 Å². The van der Waals surface area contributed by atoms with Gasteiger partial charge >= 0.3 is 0 Å². The second-order valence-corrected chi connectivity index (χ2v) is 4.63. The van der Waals surface area contributed by atoms with Crippen LogP contribution in [0.4, 0.5) is 0 Å². The smallest absolute Gasteiger partial charge is 0.240 e. The monoisotopic (exact) mass is 225 g/mol. The van der Waals surface area contributed by atoms with E-state index >= 15 is 0 Å². The van der Waals surface area contributed by atoms with E-state index in [1.807, 2.05) is 0 Å². The lowest BCUT2D eigenvalue weighted by atomic mass is 10.2. The summed E-state index contributed by atoms with van der Waals surface area (Å²) in [6.45, 7) is 1.39. The summed E-state index contributed by atoms with van der Waals surface area (Å²) in [7, 11) is 0. The minimum atomic E-state index is -0.374. The van der Waals surface area contributed by atoms with Crippen molar-refractivity contribution in [1.29, 1.82) is 0 Å². The molecule has 2 rings (SSSR count). The third-order valence-corrected chi connectivity index (χ3v) is 3.25. The highest BCUT2D eigenvalue weighted by Gasteiger charge is 2.32. The first-order chi connectivity index (χ1) is 7.68. The number of rotatable bonds is 5. The number of nitrogens with two attached hydrogens (primary N) is 1. The highest BCUT2D eigenvalue weighted by Crippen LogP contribution is 2.19. The zero-order chi connectivity index (χ0) is 11.5. The van der Waals surface area contributed by atoms with Crippen molar-refractivity contribution in [3.05, 3.63) is 0 Å². The van der Waals surface area contributed by atoms with Crippen LogP contribution in [0.3, 0.4) is 0 Å². The third kappa shape index (κ3) is 2.72. The molecule has 1 saturated heterocycles. The Hall–Kier alpha value is -1.10. The summed E-state index contributed by atoms with van der Waals surface area (Å²) >= 11 is 0. The van der Waals surface area contributed by atoms with E-state index in [2.05, 4.69) is 5.32 Å². The molecule has 1 heterocycles. The first-order valence-electron chi connectivity index (χ1n) is 6.00. The highest BCUT2D eigenvalue weighted by atomic mass is 16.2. The van der Waals surface area contributed by atoms with Crippen LogP contribution in [-0.2, 0) is 9.59 Å². The number of nitrogens with zero attached hydrogens (tertiary/aromatic N) is 1. The fraction of sp³-hybridized carbons (Fsp3) is 0.818. The van der Waals surface area contributed by atoms with Crippen molar-refractivity contribution in [2.75, 3.05) is 13.1 Å². The molecule has 0 bridgehead atoms. The van der Waals surface area contributed by atoms with Gasteiger partial charge in [-0.15, -0.1) is 0 Å². The summed E-state index contributed by atoms with van der Waals surface area (Å²) in [5.41, 5.74) is 5.26. The Kier molecular flexibility index (Phi) is 3.43. The minimum absolute atomic E-state index is 0.0504. The van der Waals surface area contributed by atoms with Crippen LogP contribution in [0, 0.1) is 0 Å². The minimum Gasteiger partial charge on any atom is -0.368 e. The summed E-state index contributed by atoms with van der Waals surface area (Å²) in [5.74, 6) is -0.324. The molecule has 1 aliphatic heterocycles. The van der Waals surface area contributed by atoms with E-state index in [0.29, 0.717) is 25.6 Å². The van der Waals surface area contributed by atoms with Gasteiger partial charge in [0.15, 0.2) is 0 Å². The van der Waals surface area contributed by atoms with Gasteiger partial charge in [-0.05, 0) is 25.7 Å². The first-order valence-corrected chi connectivity index (χ1v) is 6.00. The Morgan fingerprint density at radius 3 is 2.69 bits per heavy atom. The van der Waals surface area contributed by atoms with Gasteiger partial charge in [0.25, 0.3) is 0 Å². The van der Waals surface area contributed by atoms with Crippen LogP contribution < -0.4 is 11.1 Å². The SMILES string of the molecule is NC(=O)C1CCCN1C(=O)CCNC1CC1. The van der Waals surface area contributed by atoms with Gasteiger partial charge < -0.3 is 16.0 Å². The molecule has 16 heavy (non-hydrogen) atoms. The van der Waals surface area contributed by atoms with E-state index in [4.69, 9.17) is 5.73 Å². The van der Waals surface area contributed by atoms with Crippen LogP contribution in [0.2, 0.25) is 0 Å². The van der Waals surface area contributed by atoms with Crippen LogP contribution in [0.25, 0.3) is 0 Å². The van der Waals surface area contributed by atoms with Gasteiger partial charge in [0.2, 0.25) is 11.8 Å². The summed E-state index contributed by atoms with van der Waals surface area (Å²) in [6.07, 6.45) is 4.52. The second-order valence-electron chi connectivity index (χ2n) is 4.63. The number of nitrogens with one attached hydrogen (secondary N) is 1.